The summed E-state index contributed by atoms with van der Waals surface area (Å²) in [4.78, 5) is 34.2. The molecule has 0 saturated carbocycles. The monoisotopic (exact) mass is 425 g/mol. The molecule has 2 heterocycles. The van der Waals surface area contributed by atoms with Crippen LogP contribution in [0, 0.1) is 13.8 Å². The Balaban J connectivity index is 1.76. The van der Waals surface area contributed by atoms with E-state index in [0.717, 1.165) is 11.3 Å². The Morgan fingerprint density at radius 1 is 1.19 bits per heavy atom. The van der Waals surface area contributed by atoms with E-state index in [1.807, 2.05) is 31.2 Å². The molecule has 3 rings (SSSR count). The molecule has 0 radical (unpaired) electrons. The van der Waals surface area contributed by atoms with Crippen molar-refractivity contribution in [3.05, 3.63) is 65.0 Å². The Bertz CT molecular complexity index is 1040. The predicted octanol–water partition coefficient (Wildman–Crippen LogP) is 2.85. The highest BCUT2D eigenvalue weighted by atomic mass is 16.6. The zero-order valence-electron chi connectivity index (χ0n) is 18.4. The normalized spacial score (nSPS) is 11.9. The van der Waals surface area contributed by atoms with E-state index in [4.69, 9.17) is 9.47 Å². The first-order valence-corrected chi connectivity index (χ1v) is 9.92. The summed E-state index contributed by atoms with van der Waals surface area (Å²) < 4.78 is 11.8. The van der Waals surface area contributed by atoms with Crippen LogP contribution in [0.25, 0.3) is 5.69 Å². The number of hydrogen-bond donors (Lipinski definition) is 1. The first-order valence-electron chi connectivity index (χ1n) is 9.92. The molecule has 0 spiro atoms. The summed E-state index contributed by atoms with van der Waals surface area (Å²) in [6, 6.07) is 7.58. The molecule has 1 N–H and O–H groups in total. The van der Waals surface area contributed by atoms with Crippen LogP contribution in [0.1, 0.15) is 50.6 Å². The summed E-state index contributed by atoms with van der Waals surface area (Å²) in [6.07, 6.45) is 3.10. The molecule has 1 amide bonds. The average molecular weight is 425 g/mol. The lowest BCUT2D eigenvalue weighted by Gasteiger charge is -2.25. The number of methoxy groups -OCH3 is 1. The van der Waals surface area contributed by atoms with Gasteiger partial charge in [-0.2, -0.15) is 5.10 Å². The van der Waals surface area contributed by atoms with Crippen LogP contribution in [0.15, 0.2) is 36.9 Å². The van der Waals surface area contributed by atoms with Crippen molar-refractivity contribution >= 4 is 11.9 Å². The number of carbonyl (C=O) groups excluding carboxylic acids is 2. The van der Waals surface area contributed by atoms with Gasteiger partial charge in [-0.15, -0.1) is 0 Å². The Hall–Kier alpha value is -3.46. The van der Waals surface area contributed by atoms with E-state index in [1.54, 1.807) is 36.8 Å². The van der Waals surface area contributed by atoms with Crippen LogP contribution in [0.3, 0.4) is 0 Å². The van der Waals surface area contributed by atoms with Crippen LogP contribution in [0.2, 0.25) is 0 Å². The molecular weight excluding hydrogens is 398 g/mol. The number of amides is 1. The molecule has 0 aliphatic carbocycles. The lowest BCUT2D eigenvalue weighted by Crippen LogP contribution is -2.30. The van der Waals surface area contributed by atoms with Gasteiger partial charge >= 0.3 is 5.97 Å². The molecule has 0 bridgehead atoms. The third-order valence-corrected chi connectivity index (χ3v) is 5.34. The third kappa shape index (κ3) is 4.66. The molecule has 9 heteroatoms. The second-order valence-corrected chi connectivity index (χ2v) is 7.28. The lowest BCUT2D eigenvalue weighted by atomic mass is 10.1. The van der Waals surface area contributed by atoms with Gasteiger partial charge in [0.25, 0.3) is 5.91 Å². The zero-order valence-corrected chi connectivity index (χ0v) is 18.4. The Kier molecular flexibility index (Phi) is 6.86. The molecular formula is C22H27N5O4. The number of rotatable bonds is 8. The van der Waals surface area contributed by atoms with E-state index in [2.05, 4.69) is 15.1 Å². The second-order valence-electron chi connectivity index (χ2n) is 7.28. The number of hydrogen-bond acceptors (Lipinski definition) is 6. The SMILES string of the molecule is COCCOC(=O)c1c(C)[nH]c(C(=O)N(C)C(C)c2ccc(-n3cncn3)cc2)c1C. The fourth-order valence-corrected chi connectivity index (χ4v) is 3.38. The van der Waals surface area contributed by atoms with Crippen LogP contribution in [0.5, 0.6) is 0 Å². The highest BCUT2D eigenvalue weighted by Gasteiger charge is 2.27. The molecule has 0 aliphatic rings. The Morgan fingerprint density at radius 3 is 2.52 bits per heavy atom. The van der Waals surface area contributed by atoms with Crippen molar-refractivity contribution in [1.29, 1.82) is 0 Å². The highest BCUT2D eigenvalue weighted by Crippen LogP contribution is 2.25. The largest absolute Gasteiger partial charge is 0.460 e. The van der Waals surface area contributed by atoms with Crippen molar-refractivity contribution in [2.75, 3.05) is 27.4 Å². The second kappa shape index (κ2) is 9.57. The minimum atomic E-state index is -0.471. The molecule has 0 aliphatic heterocycles. The molecule has 164 valence electrons. The summed E-state index contributed by atoms with van der Waals surface area (Å²) >= 11 is 0. The van der Waals surface area contributed by atoms with Crippen LogP contribution >= 0.6 is 0 Å². The van der Waals surface area contributed by atoms with E-state index in [1.165, 1.54) is 13.4 Å². The van der Waals surface area contributed by atoms with Gasteiger partial charge in [0.1, 0.15) is 25.0 Å². The van der Waals surface area contributed by atoms with Crippen LogP contribution in [-0.2, 0) is 9.47 Å². The maximum absolute atomic E-state index is 13.2. The molecule has 9 nitrogen and oxygen atoms in total. The fourth-order valence-electron chi connectivity index (χ4n) is 3.38. The van der Waals surface area contributed by atoms with E-state index in [-0.39, 0.29) is 18.6 Å². The number of nitrogens with zero attached hydrogens (tertiary/aromatic N) is 4. The van der Waals surface area contributed by atoms with Gasteiger partial charge in [-0.3, -0.25) is 4.79 Å². The number of carbonyl (C=O) groups is 2. The van der Waals surface area contributed by atoms with E-state index in [9.17, 15) is 9.59 Å². The first kappa shape index (κ1) is 22.2. The minimum Gasteiger partial charge on any atom is -0.460 e. The van der Waals surface area contributed by atoms with Gasteiger partial charge in [-0.1, -0.05) is 12.1 Å². The fraction of sp³-hybridized carbons (Fsp3) is 0.364. The summed E-state index contributed by atoms with van der Waals surface area (Å²) in [5.41, 5.74) is 3.80. The third-order valence-electron chi connectivity index (χ3n) is 5.34. The number of H-pyrrole nitrogens is 1. The molecule has 1 unspecified atom stereocenters. The Labute approximate surface area is 181 Å². The molecule has 3 aromatic rings. The highest BCUT2D eigenvalue weighted by molar-refractivity contribution is 6.00. The van der Waals surface area contributed by atoms with Crippen LogP contribution in [0.4, 0.5) is 0 Å². The van der Waals surface area contributed by atoms with Gasteiger partial charge in [0.05, 0.1) is 23.9 Å². The summed E-state index contributed by atoms with van der Waals surface area (Å²) in [5, 5.41) is 4.11. The van der Waals surface area contributed by atoms with E-state index >= 15 is 0 Å². The predicted molar refractivity (Wildman–Crippen MR) is 114 cm³/mol. The van der Waals surface area contributed by atoms with Gasteiger partial charge in [-0.25, -0.2) is 14.5 Å². The molecule has 0 fully saturated rings. The van der Waals surface area contributed by atoms with Crippen molar-refractivity contribution in [3.63, 3.8) is 0 Å². The van der Waals surface area contributed by atoms with E-state index in [0.29, 0.717) is 29.1 Å². The zero-order chi connectivity index (χ0) is 22.5. The van der Waals surface area contributed by atoms with Crippen molar-refractivity contribution in [3.8, 4) is 5.69 Å². The Morgan fingerprint density at radius 2 is 1.90 bits per heavy atom. The number of benzene rings is 1. The lowest BCUT2D eigenvalue weighted by molar-refractivity contribution is 0.0387. The number of nitrogens with one attached hydrogen (secondary N) is 1. The van der Waals surface area contributed by atoms with Crippen molar-refractivity contribution in [1.82, 2.24) is 24.6 Å². The number of esters is 1. The van der Waals surface area contributed by atoms with Crippen LogP contribution < -0.4 is 0 Å². The standard InChI is InChI=1S/C22H27N5O4/c1-14-19(22(29)31-11-10-30-5)15(2)25-20(14)21(28)26(4)16(3)17-6-8-18(9-7-17)27-13-23-12-24-27/h6-9,12-13,16,25H,10-11H2,1-5H3. The molecule has 1 aromatic carbocycles. The van der Waals surface area contributed by atoms with Crippen LogP contribution in [-0.4, -0.2) is 63.9 Å². The minimum absolute atomic E-state index is 0.157. The summed E-state index contributed by atoms with van der Waals surface area (Å²) in [7, 11) is 3.28. The maximum atomic E-state index is 13.2. The van der Waals surface area contributed by atoms with Gasteiger partial charge in [0, 0.05) is 19.9 Å². The molecule has 0 saturated heterocycles. The van der Waals surface area contributed by atoms with Gasteiger partial charge in [0.15, 0.2) is 0 Å². The topological polar surface area (TPSA) is 102 Å². The molecule has 1 atom stereocenters. The quantitative estimate of drug-likeness (QED) is 0.440. The molecule has 2 aromatic heterocycles. The summed E-state index contributed by atoms with van der Waals surface area (Å²) in [5.74, 6) is -0.675. The van der Waals surface area contributed by atoms with E-state index < -0.39 is 5.97 Å². The number of aryl methyl sites for hydroxylation is 1. The van der Waals surface area contributed by atoms with Crippen molar-refractivity contribution in [2.45, 2.75) is 26.8 Å². The average Bonchev–Trinajstić information content (AvgIpc) is 3.40. The van der Waals surface area contributed by atoms with Gasteiger partial charge in [-0.05, 0) is 44.0 Å². The van der Waals surface area contributed by atoms with Crippen molar-refractivity contribution in [2.24, 2.45) is 0 Å². The number of aromatic nitrogens is 4. The van der Waals surface area contributed by atoms with Crippen molar-refractivity contribution < 1.29 is 19.1 Å². The first-order chi connectivity index (χ1) is 14.8. The van der Waals surface area contributed by atoms with Gasteiger partial charge in [0.2, 0.25) is 0 Å². The smallest absolute Gasteiger partial charge is 0.340 e. The number of aromatic amines is 1. The maximum Gasteiger partial charge on any atom is 0.340 e. The van der Waals surface area contributed by atoms with Gasteiger partial charge < -0.3 is 19.4 Å². The molecule has 31 heavy (non-hydrogen) atoms. The summed E-state index contributed by atoms with van der Waals surface area (Å²) in [6.45, 7) is 5.92. The number of ether oxygens (including phenoxy) is 2.